The third-order valence-corrected chi connectivity index (χ3v) is 13.5. The van der Waals surface area contributed by atoms with Crippen molar-refractivity contribution in [3.8, 4) is 5.75 Å². The monoisotopic (exact) mass is 731 g/mol. The summed E-state index contributed by atoms with van der Waals surface area (Å²) < 4.78 is 5.74. The Morgan fingerprint density at radius 1 is 0.722 bits per heavy atom. The van der Waals surface area contributed by atoms with Crippen molar-refractivity contribution in [3.63, 3.8) is 0 Å². The standard InChI is InChI=1S/C44H53N5O5/c50-36-7-10-38-32(26-36)3-8-37(30-15-23-54-24-16-30)42(38)31-1-4-34(5-2-31)47-17-13-29(14-18-47)27-46-19-21-48(22-20-46)35-6-9-39-33(25-35)28-49(44(39)53)40-11-12-41(51)45-43(40)52/h1-2,4-7,9-10,25-26,29-30,37,40,42,50H,3,8,11-24,27-28H2,(H,45,51,52)/t37-,40-,42+/m1/s1. The quantitative estimate of drug-likeness (QED) is 0.315. The van der Waals surface area contributed by atoms with Crippen LogP contribution in [-0.2, 0) is 27.3 Å². The number of ether oxygens (including phenoxy) is 1. The zero-order valence-corrected chi connectivity index (χ0v) is 31.3. The molecule has 2 N–H and O–H groups in total. The number of hydrogen-bond donors (Lipinski definition) is 2. The molecular formula is C44H53N5O5. The average Bonchev–Trinajstić information content (AvgIpc) is 3.53. The first-order valence-electron chi connectivity index (χ1n) is 20.4. The highest BCUT2D eigenvalue weighted by atomic mass is 16.5. The summed E-state index contributed by atoms with van der Waals surface area (Å²) in [5.41, 5.74) is 8.19. The van der Waals surface area contributed by atoms with Crippen LogP contribution in [0.3, 0.4) is 0 Å². The molecule has 0 spiro atoms. The molecule has 0 radical (unpaired) electrons. The lowest BCUT2D eigenvalue weighted by atomic mass is 9.65. The second-order valence-corrected chi connectivity index (χ2v) is 16.6. The summed E-state index contributed by atoms with van der Waals surface area (Å²) in [5.74, 6) is 1.96. The van der Waals surface area contributed by atoms with Crippen LogP contribution >= 0.6 is 0 Å². The van der Waals surface area contributed by atoms with Gasteiger partial charge in [-0.05, 0) is 127 Å². The predicted molar refractivity (Wildman–Crippen MR) is 208 cm³/mol. The van der Waals surface area contributed by atoms with Gasteiger partial charge in [0, 0.05) is 94.8 Å². The number of nitrogens with zero attached hydrogens (tertiary/aromatic N) is 4. The molecule has 4 saturated heterocycles. The topological polar surface area (TPSA) is 106 Å². The maximum Gasteiger partial charge on any atom is 0.255 e. The highest BCUT2D eigenvalue weighted by Gasteiger charge is 2.40. The Bertz CT molecular complexity index is 1880. The van der Waals surface area contributed by atoms with Crippen molar-refractivity contribution in [3.05, 3.63) is 88.5 Å². The number of phenolic OH excluding ortho intramolecular Hbond substituents is 1. The summed E-state index contributed by atoms with van der Waals surface area (Å²) in [7, 11) is 0. The highest BCUT2D eigenvalue weighted by molar-refractivity contribution is 6.05. The Balaban J connectivity index is 0.773. The number of fused-ring (bicyclic) bond motifs is 2. The van der Waals surface area contributed by atoms with Gasteiger partial charge in [0.1, 0.15) is 11.8 Å². The van der Waals surface area contributed by atoms with Gasteiger partial charge in [0.15, 0.2) is 0 Å². The minimum absolute atomic E-state index is 0.119. The van der Waals surface area contributed by atoms with Crippen LogP contribution in [0.15, 0.2) is 60.7 Å². The second kappa shape index (κ2) is 15.0. The molecule has 6 aliphatic rings. The normalized spacial score (nSPS) is 25.8. The van der Waals surface area contributed by atoms with E-state index in [1.165, 1.54) is 41.6 Å². The number of imide groups is 1. The first kappa shape index (κ1) is 35.3. The number of phenols is 1. The van der Waals surface area contributed by atoms with Crippen molar-refractivity contribution in [1.82, 2.24) is 15.1 Å². The highest BCUT2D eigenvalue weighted by Crippen LogP contribution is 2.47. The van der Waals surface area contributed by atoms with Crippen LogP contribution in [0, 0.1) is 17.8 Å². The minimum Gasteiger partial charge on any atom is -0.508 e. The van der Waals surface area contributed by atoms with E-state index in [1.807, 2.05) is 24.3 Å². The Morgan fingerprint density at radius 3 is 2.22 bits per heavy atom. The van der Waals surface area contributed by atoms with E-state index in [0.29, 0.717) is 48.0 Å². The molecule has 10 heteroatoms. The third-order valence-electron chi connectivity index (χ3n) is 13.5. The molecule has 3 aromatic rings. The molecule has 5 aliphatic heterocycles. The van der Waals surface area contributed by atoms with E-state index in [4.69, 9.17) is 4.74 Å². The molecule has 0 saturated carbocycles. The Morgan fingerprint density at radius 2 is 1.46 bits per heavy atom. The van der Waals surface area contributed by atoms with E-state index in [2.05, 4.69) is 56.4 Å². The van der Waals surface area contributed by atoms with Gasteiger partial charge in [0.05, 0.1) is 0 Å². The number of aromatic hydroxyl groups is 1. The molecule has 1 aliphatic carbocycles. The summed E-state index contributed by atoms with van der Waals surface area (Å²) in [6, 6.07) is 21.0. The molecule has 3 aromatic carbocycles. The lowest BCUT2D eigenvalue weighted by Crippen LogP contribution is -2.52. The van der Waals surface area contributed by atoms with Gasteiger partial charge < -0.3 is 24.5 Å². The molecule has 3 atom stereocenters. The zero-order valence-electron chi connectivity index (χ0n) is 31.3. The number of amides is 3. The van der Waals surface area contributed by atoms with Gasteiger partial charge >= 0.3 is 0 Å². The Hall–Kier alpha value is -4.41. The lowest BCUT2D eigenvalue weighted by molar-refractivity contribution is -0.136. The van der Waals surface area contributed by atoms with Crippen LogP contribution in [-0.4, -0.2) is 97.7 Å². The fourth-order valence-corrected chi connectivity index (χ4v) is 10.5. The first-order chi connectivity index (χ1) is 26.4. The maximum atomic E-state index is 13.2. The summed E-state index contributed by atoms with van der Waals surface area (Å²) in [5, 5.41) is 12.6. The fourth-order valence-electron chi connectivity index (χ4n) is 10.5. The molecule has 0 bridgehead atoms. The number of benzene rings is 3. The lowest BCUT2D eigenvalue weighted by Gasteiger charge is -2.41. The molecule has 0 aromatic heterocycles. The summed E-state index contributed by atoms with van der Waals surface area (Å²) in [4.78, 5) is 46.5. The first-order valence-corrected chi connectivity index (χ1v) is 20.4. The molecule has 54 heavy (non-hydrogen) atoms. The van der Waals surface area contributed by atoms with Gasteiger partial charge in [-0.2, -0.15) is 0 Å². The summed E-state index contributed by atoms with van der Waals surface area (Å²) in [6.45, 7) is 9.44. The van der Waals surface area contributed by atoms with E-state index in [-0.39, 0.29) is 24.1 Å². The van der Waals surface area contributed by atoms with Crippen molar-refractivity contribution in [2.45, 2.75) is 69.9 Å². The van der Waals surface area contributed by atoms with Crippen molar-refractivity contribution >= 4 is 29.1 Å². The predicted octanol–water partition coefficient (Wildman–Crippen LogP) is 5.31. The molecule has 284 valence electrons. The summed E-state index contributed by atoms with van der Waals surface area (Å²) >= 11 is 0. The molecular weight excluding hydrogens is 679 g/mol. The van der Waals surface area contributed by atoms with Crippen LogP contribution in [0.25, 0.3) is 0 Å². The molecule has 5 heterocycles. The van der Waals surface area contributed by atoms with Gasteiger partial charge in [-0.1, -0.05) is 18.2 Å². The van der Waals surface area contributed by atoms with Crippen molar-refractivity contribution in [2.75, 3.05) is 68.8 Å². The number of piperidine rings is 2. The van der Waals surface area contributed by atoms with Crippen LogP contribution in [0.5, 0.6) is 5.75 Å². The van der Waals surface area contributed by atoms with E-state index in [9.17, 15) is 19.5 Å². The summed E-state index contributed by atoms with van der Waals surface area (Å²) in [6.07, 6.45) is 7.55. The van der Waals surface area contributed by atoms with Crippen LogP contribution in [0.1, 0.15) is 83.5 Å². The number of nitrogens with one attached hydrogen (secondary N) is 1. The minimum atomic E-state index is -0.583. The number of rotatable bonds is 7. The van der Waals surface area contributed by atoms with Crippen molar-refractivity contribution in [1.29, 1.82) is 0 Å². The van der Waals surface area contributed by atoms with Gasteiger partial charge in [-0.3, -0.25) is 24.6 Å². The Labute approximate surface area is 318 Å². The van der Waals surface area contributed by atoms with Gasteiger partial charge in [-0.25, -0.2) is 0 Å². The van der Waals surface area contributed by atoms with E-state index >= 15 is 0 Å². The Kier molecular flexibility index (Phi) is 9.82. The molecule has 4 fully saturated rings. The maximum absolute atomic E-state index is 13.2. The van der Waals surface area contributed by atoms with Crippen molar-refractivity contribution < 1.29 is 24.2 Å². The van der Waals surface area contributed by atoms with Crippen LogP contribution in [0.4, 0.5) is 11.4 Å². The van der Waals surface area contributed by atoms with Crippen molar-refractivity contribution in [2.24, 2.45) is 17.8 Å². The number of aryl methyl sites for hydroxylation is 1. The van der Waals surface area contributed by atoms with Crippen LogP contribution < -0.4 is 15.1 Å². The van der Waals surface area contributed by atoms with Gasteiger partial charge in [0.2, 0.25) is 11.8 Å². The molecule has 3 amide bonds. The number of anilines is 2. The second-order valence-electron chi connectivity index (χ2n) is 16.6. The largest absolute Gasteiger partial charge is 0.508 e. The smallest absolute Gasteiger partial charge is 0.255 e. The number of carbonyl (C=O) groups excluding carboxylic acids is 3. The molecule has 0 unspecified atom stereocenters. The van der Waals surface area contributed by atoms with Crippen LogP contribution in [0.2, 0.25) is 0 Å². The fraction of sp³-hybridized carbons (Fsp3) is 0.523. The number of hydrogen-bond acceptors (Lipinski definition) is 8. The average molecular weight is 732 g/mol. The van der Waals surface area contributed by atoms with Gasteiger partial charge in [-0.15, -0.1) is 0 Å². The van der Waals surface area contributed by atoms with E-state index in [0.717, 1.165) is 89.5 Å². The molecule has 10 nitrogen and oxygen atoms in total. The SMILES string of the molecule is O=C1CC[C@@H](N2Cc3cc(N4CCN(CC5CCN(c6ccc([C@@H]7c8ccc(O)cc8CC[C@@H]7C7CCOCC7)cc6)CC5)CC4)ccc3C2=O)C(=O)N1. The van der Waals surface area contributed by atoms with Gasteiger partial charge in [0.25, 0.3) is 5.91 Å². The third kappa shape index (κ3) is 6.99. The van der Waals surface area contributed by atoms with E-state index < -0.39 is 6.04 Å². The zero-order chi connectivity index (χ0) is 36.8. The number of carbonyl (C=O) groups is 3. The number of piperazine rings is 1. The van der Waals surface area contributed by atoms with E-state index in [1.54, 1.807) is 4.90 Å². The molecule has 9 rings (SSSR count).